The van der Waals surface area contributed by atoms with Crippen molar-refractivity contribution in [1.82, 2.24) is 0 Å². The van der Waals surface area contributed by atoms with Gasteiger partial charge in [-0.3, -0.25) is 4.79 Å². The molecule has 0 bridgehead atoms. The Labute approximate surface area is 109 Å². The molecule has 0 spiro atoms. The smallest absolute Gasteiger partial charge is 0.307 e. The third-order valence-electron chi connectivity index (χ3n) is 5.37. The van der Waals surface area contributed by atoms with Crippen LogP contribution in [0.2, 0.25) is 0 Å². The Morgan fingerprint density at radius 2 is 1.72 bits per heavy atom. The quantitative estimate of drug-likeness (QED) is 0.589. The molecule has 0 aromatic carbocycles. The second-order valence-electron chi connectivity index (χ2n) is 6.58. The van der Waals surface area contributed by atoms with Crippen LogP contribution in [0.25, 0.3) is 0 Å². The van der Waals surface area contributed by atoms with E-state index in [1.807, 2.05) is 0 Å². The molecule has 2 unspecified atom stereocenters. The first kappa shape index (κ1) is 12.3. The highest BCUT2D eigenvalue weighted by atomic mass is 16.4. The largest absolute Gasteiger partial charge is 0.481 e. The minimum absolute atomic E-state index is 0.00542. The fraction of sp³-hybridized carbons (Fsp3) is 0.812. The van der Waals surface area contributed by atoms with Gasteiger partial charge in [0.25, 0.3) is 0 Å². The molecule has 100 valence electrons. The van der Waals surface area contributed by atoms with Gasteiger partial charge in [-0.15, -0.1) is 0 Å². The van der Waals surface area contributed by atoms with E-state index >= 15 is 0 Å². The van der Waals surface area contributed by atoms with Crippen molar-refractivity contribution in [2.24, 2.45) is 23.7 Å². The van der Waals surface area contributed by atoms with Gasteiger partial charge in [-0.05, 0) is 49.9 Å². The predicted molar refractivity (Wildman–Crippen MR) is 71.2 cm³/mol. The molecule has 0 aromatic heterocycles. The zero-order valence-electron chi connectivity index (χ0n) is 11.3. The number of unbranched alkanes of at least 4 members (excludes halogenated alkanes) is 2. The molecule has 0 aliphatic heterocycles. The zero-order valence-corrected chi connectivity index (χ0v) is 11.3. The zero-order chi connectivity index (χ0) is 12.7. The monoisotopic (exact) mass is 248 g/mol. The van der Waals surface area contributed by atoms with Gasteiger partial charge in [0, 0.05) is 0 Å². The minimum Gasteiger partial charge on any atom is -0.481 e. The van der Waals surface area contributed by atoms with Crippen LogP contribution in [-0.2, 0) is 4.79 Å². The summed E-state index contributed by atoms with van der Waals surface area (Å²) in [5.74, 6) is 1.33. The summed E-state index contributed by atoms with van der Waals surface area (Å²) in [5, 5.41) is 9.12. The Morgan fingerprint density at radius 1 is 1.11 bits per heavy atom. The van der Waals surface area contributed by atoms with Gasteiger partial charge in [0.15, 0.2) is 0 Å². The lowest BCUT2D eigenvalue weighted by atomic mass is 9.94. The summed E-state index contributed by atoms with van der Waals surface area (Å²) in [6, 6.07) is 0. The van der Waals surface area contributed by atoms with Gasteiger partial charge in [-0.1, -0.05) is 37.3 Å². The van der Waals surface area contributed by atoms with Crippen LogP contribution in [0, 0.1) is 23.7 Å². The fourth-order valence-corrected chi connectivity index (χ4v) is 4.34. The number of carboxylic acid groups (broad SMARTS) is 1. The van der Waals surface area contributed by atoms with E-state index in [1.54, 1.807) is 11.1 Å². The number of fused-ring (bicyclic) bond motifs is 1. The molecule has 4 atom stereocenters. The van der Waals surface area contributed by atoms with E-state index in [9.17, 15) is 4.79 Å². The first-order valence-electron chi connectivity index (χ1n) is 7.63. The van der Waals surface area contributed by atoms with Gasteiger partial charge in [-0.25, -0.2) is 0 Å². The van der Waals surface area contributed by atoms with Gasteiger partial charge in [0.2, 0.25) is 0 Å². The lowest BCUT2D eigenvalue weighted by Crippen LogP contribution is -2.01. The summed E-state index contributed by atoms with van der Waals surface area (Å²) in [6.45, 7) is 2.26. The van der Waals surface area contributed by atoms with Crippen molar-refractivity contribution in [1.29, 1.82) is 0 Å². The van der Waals surface area contributed by atoms with Crippen LogP contribution in [-0.4, -0.2) is 11.1 Å². The second-order valence-corrected chi connectivity index (χ2v) is 6.58. The predicted octanol–water partition coefficient (Wildman–Crippen LogP) is 4.01. The van der Waals surface area contributed by atoms with Crippen LogP contribution in [0.4, 0.5) is 0 Å². The SMILES string of the molecule is CCCCCC1CC2=C(C1)C[C@H]1C(C(=O)O)[C@H]1C2. The third-order valence-corrected chi connectivity index (χ3v) is 5.37. The molecule has 2 heteroatoms. The van der Waals surface area contributed by atoms with E-state index in [1.165, 1.54) is 38.5 Å². The molecule has 0 amide bonds. The van der Waals surface area contributed by atoms with Gasteiger partial charge < -0.3 is 5.11 Å². The molecule has 3 aliphatic rings. The van der Waals surface area contributed by atoms with Gasteiger partial charge >= 0.3 is 5.97 Å². The first-order chi connectivity index (χ1) is 8.70. The highest BCUT2D eigenvalue weighted by Gasteiger charge is 2.57. The normalized spacial score (nSPS) is 37.4. The maximum Gasteiger partial charge on any atom is 0.307 e. The molecule has 3 aliphatic carbocycles. The summed E-state index contributed by atoms with van der Waals surface area (Å²) in [7, 11) is 0. The van der Waals surface area contributed by atoms with Crippen molar-refractivity contribution in [2.45, 2.75) is 58.3 Å². The van der Waals surface area contributed by atoms with Gasteiger partial charge in [0.1, 0.15) is 0 Å². The number of hydrogen-bond acceptors (Lipinski definition) is 1. The second kappa shape index (κ2) is 4.71. The van der Waals surface area contributed by atoms with Crippen molar-refractivity contribution in [2.75, 3.05) is 0 Å². The van der Waals surface area contributed by atoms with Crippen molar-refractivity contribution in [3.8, 4) is 0 Å². The van der Waals surface area contributed by atoms with E-state index in [0.29, 0.717) is 11.8 Å². The van der Waals surface area contributed by atoms with Crippen molar-refractivity contribution >= 4 is 5.97 Å². The molecule has 2 nitrogen and oxygen atoms in total. The lowest BCUT2D eigenvalue weighted by Gasteiger charge is -2.11. The maximum absolute atomic E-state index is 11.1. The summed E-state index contributed by atoms with van der Waals surface area (Å²) >= 11 is 0. The molecular formula is C16H24O2. The maximum atomic E-state index is 11.1. The van der Waals surface area contributed by atoms with Crippen LogP contribution >= 0.6 is 0 Å². The van der Waals surface area contributed by atoms with E-state index in [2.05, 4.69) is 6.92 Å². The summed E-state index contributed by atoms with van der Waals surface area (Å²) in [4.78, 5) is 11.1. The molecular weight excluding hydrogens is 224 g/mol. The van der Waals surface area contributed by atoms with Crippen molar-refractivity contribution in [3.05, 3.63) is 11.1 Å². The van der Waals surface area contributed by atoms with Gasteiger partial charge in [-0.2, -0.15) is 0 Å². The van der Waals surface area contributed by atoms with E-state index in [-0.39, 0.29) is 5.92 Å². The standard InChI is InChI=1S/C16H24O2/c1-2-3-4-5-10-6-11-8-13-14(9-12(11)7-10)15(13)16(17)18/h10,13-15H,2-9H2,1H3,(H,17,18)/t10?,13-,14+,15?. The minimum atomic E-state index is -0.550. The number of aliphatic carboxylic acids is 1. The lowest BCUT2D eigenvalue weighted by molar-refractivity contribution is -0.139. The molecule has 0 radical (unpaired) electrons. The average molecular weight is 248 g/mol. The Bertz CT molecular complexity index is 359. The average Bonchev–Trinajstić information content (AvgIpc) is 2.88. The fourth-order valence-electron chi connectivity index (χ4n) is 4.34. The Kier molecular flexibility index (Phi) is 3.21. The number of carbonyl (C=O) groups is 1. The molecule has 3 rings (SSSR count). The molecule has 0 saturated heterocycles. The van der Waals surface area contributed by atoms with Crippen LogP contribution < -0.4 is 0 Å². The van der Waals surface area contributed by atoms with Crippen molar-refractivity contribution < 1.29 is 9.90 Å². The van der Waals surface area contributed by atoms with Gasteiger partial charge in [0.05, 0.1) is 5.92 Å². The number of allylic oxidation sites excluding steroid dienone is 2. The molecule has 1 fully saturated rings. The highest BCUT2D eigenvalue weighted by Crippen LogP contribution is 2.60. The Morgan fingerprint density at radius 3 is 2.22 bits per heavy atom. The Hall–Kier alpha value is -0.790. The number of rotatable bonds is 5. The van der Waals surface area contributed by atoms with E-state index in [0.717, 1.165) is 18.8 Å². The number of carboxylic acids is 1. The Balaban J connectivity index is 1.51. The van der Waals surface area contributed by atoms with Crippen LogP contribution in [0.1, 0.15) is 58.3 Å². The van der Waals surface area contributed by atoms with Crippen molar-refractivity contribution in [3.63, 3.8) is 0 Å². The molecule has 1 N–H and O–H groups in total. The number of hydrogen-bond donors (Lipinski definition) is 1. The molecule has 0 aromatic rings. The summed E-state index contributed by atoms with van der Waals surface area (Å²) in [6.07, 6.45) is 10.2. The van der Waals surface area contributed by atoms with Crippen LogP contribution in [0.3, 0.4) is 0 Å². The summed E-state index contributed by atoms with van der Waals surface area (Å²) in [5.41, 5.74) is 3.31. The molecule has 18 heavy (non-hydrogen) atoms. The summed E-state index contributed by atoms with van der Waals surface area (Å²) < 4.78 is 0. The van der Waals surface area contributed by atoms with Crippen LogP contribution in [0.5, 0.6) is 0 Å². The van der Waals surface area contributed by atoms with E-state index < -0.39 is 5.97 Å². The molecule has 0 heterocycles. The van der Waals surface area contributed by atoms with E-state index in [4.69, 9.17) is 5.11 Å². The highest BCUT2D eigenvalue weighted by molar-refractivity contribution is 5.74. The topological polar surface area (TPSA) is 37.3 Å². The molecule has 1 saturated carbocycles. The first-order valence-corrected chi connectivity index (χ1v) is 7.63. The third kappa shape index (κ3) is 2.10. The van der Waals surface area contributed by atoms with Crippen LogP contribution in [0.15, 0.2) is 11.1 Å².